The molecule has 2 heterocycles. The van der Waals surface area contributed by atoms with E-state index in [1.807, 2.05) is 4.90 Å². The first-order valence-electron chi connectivity index (χ1n) is 8.27. The number of ether oxygens (including phenoxy) is 1. The maximum absolute atomic E-state index is 13.2. The van der Waals surface area contributed by atoms with Gasteiger partial charge in [0.05, 0.1) is 22.4 Å². The number of fused-ring (bicyclic) bond motifs is 1. The van der Waals surface area contributed by atoms with Crippen molar-refractivity contribution in [2.45, 2.75) is 6.10 Å². The van der Waals surface area contributed by atoms with Gasteiger partial charge >= 0.3 is 5.69 Å². The zero-order valence-corrected chi connectivity index (χ0v) is 13.8. The molecular formula is C19H16FN3O3. The van der Waals surface area contributed by atoms with E-state index in [4.69, 9.17) is 4.74 Å². The number of hydrogen-bond donors (Lipinski definition) is 0. The molecule has 0 N–H and O–H groups in total. The molecule has 3 aromatic rings. The summed E-state index contributed by atoms with van der Waals surface area (Å²) in [7, 11) is 0. The van der Waals surface area contributed by atoms with E-state index in [0.29, 0.717) is 36.3 Å². The summed E-state index contributed by atoms with van der Waals surface area (Å²) in [5, 5.41) is 12.3. The molecular weight excluding hydrogens is 337 g/mol. The minimum Gasteiger partial charge on any atom is -0.370 e. The zero-order chi connectivity index (χ0) is 18.1. The lowest BCUT2D eigenvalue weighted by Crippen LogP contribution is -2.38. The Morgan fingerprint density at radius 3 is 2.77 bits per heavy atom. The molecule has 2 aromatic carbocycles. The highest BCUT2D eigenvalue weighted by molar-refractivity contribution is 5.94. The Kier molecular flexibility index (Phi) is 4.22. The smallest absolute Gasteiger partial charge is 0.301 e. The Morgan fingerprint density at radius 2 is 2.00 bits per heavy atom. The van der Waals surface area contributed by atoms with Crippen LogP contribution in [0.2, 0.25) is 0 Å². The van der Waals surface area contributed by atoms with Crippen LogP contribution in [0.3, 0.4) is 0 Å². The van der Waals surface area contributed by atoms with Crippen LogP contribution in [-0.2, 0) is 4.74 Å². The number of hydrogen-bond acceptors (Lipinski definition) is 5. The third-order valence-electron chi connectivity index (χ3n) is 4.57. The summed E-state index contributed by atoms with van der Waals surface area (Å²) in [5.74, 6) is -0.306. The van der Waals surface area contributed by atoms with Gasteiger partial charge in [-0.25, -0.2) is 4.39 Å². The van der Waals surface area contributed by atoms with Crippen molar-refractivity contribution in [3.05, 3.63) is 76.2 Å². The molecule has 6 nitrogen and oxygen atoms in total. The van der Waals surface area contributed by atoms with E-state index in [2.05, 4.69) is 4.98 Å². The highest BCUT2D eigenvalue weighted by Gasteiger charge is 2.28. The largest absolute Gasteiger partial charge is 0.370 e. The lowest BCUT2D eigenvalue weighted by molar-refractivity contribution is -0.382. The molecule has 1 aliphatic rings. The molecule has 26 heavy (non-hydrogen) atoms. The van der Waals surface area contributed by atoms with Gasteiger partial charge in [-0.05, 0) is 42.0 Å². The van der Waals surface area contributed by atoms with E-state index in [0.717, 1.165) is 5.56 Å². The number of nitro benzene ring substituents is 1. The van der Waals surface area contributed by atoms with E-state index < -0.39 is 0 Å². The van der Waals surface area contributed by atoms with Gasteiger partial charge in [0.1, 0.15) is 17.6 Å². The number of anilines is 1. The molecule has 4 rings (SSSR count). The number of aromatic nitrogens is 1. The monoisotopic (exact) mass is 353 g/mol. The minimum atomic E-state index is -0.359. The molecule has 1 saturated heterocycles. The third kappa shape index (κ3) is 2.97. The van der Waals surface area contributed by atoms with Crippen LogP contribution in [0, 0.1) is 15.9 Å². The van der Waals surface area contributed by atoms with Crippen LogP contribution in [0.4, 0.5) is 15.8 Å². The van der Waals surface area contributed by atoms with Gasteiger partial charge in [0.15, 0.2) is 0 Å². The fraction of sp³-hybridized carbons (Fsp3) is 0.211. The van der Waals surface area contributed by atoms with Gasteiger partial charge in [0.2, 0.25) is 0 Å². The number of morpholine rings is 1. The Bertz CT molecular complexity index is 962. The first kappa shape index (κ1) is 16.4. The lowest BCUT2D eigenvalue weighted by Gasteiger charge is -2.34. The molecule has 1 fully saturated rings. The summed E-state index contributed by atoms with van der Waals surface area (Å²) in [6.45, 7) is 1.44. The van der Waals surface area contributed by atoms with Crippen molar-refractivity contribution in [2.75, 3.05) is 24.6 Å². The second-order valence-corrected chi connectivity index (χ2v) is 6.12. The predicted molar refractivity (Wildman–Crippen MR) is 95.7 cm³/mol. The van der Waals surface area contributed by atoms with Crippen molar-refractivity contribution in [1.82, 2.24) is 4.98 Å². The van der Waals surface area contributed by atoms with E-state index in [9.17, 15) is 14.5 Å². The van der Waals surface area contributed by atoms with Gasteiger partial charge < -0.3 is 9.64 Å². The molecule has 1 aliphatic heterocycles. The van der Waals surface area contributed by atoms with Crippen molar-refractivity contribution in [2.24, 2.45) is 0 Å². The van der Waals surface area contributed by atoms with Crippen molar-refractivity contribution >= 4 is 22.3 Å². The van der Waals surface area contributed by atoms with Crippen LogP contribution in [-0.4, -0.2) is 29.6 Å². The van der Waals surface area contributed by atoms with Crippen LogP contribution in [0.1, 0.15) is 11.7 Å². The molecule has 0 spiro atoms. The topological polar surface area (TPSA) is 68.5 Å². The number of nitrogens with zero attached hydrogens (tertiary/aromatic N) is 3. The Labute approximate surface area is 149 Å². The average molecular weight is 353 g/mol. The summed E-state index contributed by atoms with van der Waals surface area (Å²) in [5.41, 5.74) is 2.04. The maximum Gasteiger partial charge on any atom is 0.301 e. The van der Waals surface area contributed by atoms with Gasteiger partial charge in [-0.15, -0.1) is 0 Å². The number of rotatable bonds is 3. The summed E-state index contributed by atoms with van der Waals surface area (Å²) < 4.78 is 19.0. The molecule has 0 aliphatic carbocycles. The first-order chi connectivity index (χ1) is 12.6. The van der Waals surface area contributed by atoms with Gasteiger partial charge in [0, 0.05) is 19.3 Å². The van der Waals surface area contributed by atoms with Gasteiger partial charge in [-0.1, -0.05) is 12.1 Å². The average Bonchev–Trinajstić information content (AvgIpc) is 2.67. The normalized spacial score (nSPS) is 17.4. The summed E-state index contributed by atoms with van der Waals surface area (Å²) in [6, 6.07) is 13.1. The fourth-order valence-corrected chi connectivity index (χ4v) is 3.32. The standard InChI is InChI=1S/C19H16FN3O3/c20-14-5-3-13(4-6-14)18-12-22(10-11-26-18)17-8-7-16-15(2-1-9-21-16)19(17)23(24)25/h1-9,18H,10-12H2. The molecule has 0 radical (unpaired) electrons. The Balaban J connectivity index is 1.71. The van der Waals surface area contributed by atoms with E-state index >= 15 is 0 Å². The zero-order valence-electron chi connectivity index (χ0n) is 13.8. The van der Waals surface area contributed by atoms with Gasteiger partial charge in [0.25, 0.3) is 0 Å². The quantitative estimate of drug-likeness (QED) is 0.528. The van der Waals surface area contributed by atoms with Crippen LogP contribution in [0.5, 0.6) is 0 Å². The van der Waals surface area contributed by atoms with Gasteiger partial charge in [-0.3, -0.25) is 15.1 Å². The second-order valence-electron chi connectivity index (χ2n) is 6.12. The van der Waals surface area contributed by atoms with Crippen molar-refractivity contribution < 1.29 is 14.1 Å². The summed E-state index contributed by atoms with van der Waals surface area (Å²) >= 11 is 0. The molecule has 1 atom stereocenters. The Morgan fingerprint density at radius 1 is 1.19 bits per heavy atom. The van der Waals surface area contributed by atoms with Crippen LogP contribution >= 0.6 is 0 Å². The van der Waals surface area contributed by atoms with E-state index in [1.165, 1.54) is 12.1 Å². The van der Waals surface area contributed by atoms with Crippen molar-refractivity contribution in [3.8, 4) is 0 Å². The molecule has 0 amide bonds. The highest BCUT2D eigenvalue weighted by Crippen LogP contribution is 2.37. The second kappa shape index (κ2) is 6.68. The summed E-state index contributed by atoms with van der Waals surface area (Å²) in [6.07, 6.45) is 1.35. The number of pyridine rings is 1. The molecule has 0 saturated carbocycles. The predicted octanol–water partition coefficient (Wildman–Crippen LogP) is 3.86. The van der Waals surface area contributed by atoms with Crippen molar-refractivity contribution in [3.63, 3.8) is 0 Å². The first-order valence-corrected chi connectivity index (χ1v) is 8.27. The van der Waals surface area contributed by atoms with E-state index in [1.54, 1.807) is 42.6 Å². The molecule has 7 heteroatoms. The molecule has 1 unspecified atom stereocenters. The van der Waals surface area contributed by atoms with Crippen molar-refractivity contribution in [1.29, 1.82) is 0 Å². The maximum atomic E-state index is 13.2. The molecule has 0 bridgehead atoms. The minimum absolute atomic E-state index is 0.0513. The summed E-state index contributed by atoms with van der Waals surface area (Å²) in [4.78, 5) is 17.5. The SMILES string of the molecule is O=[N+]([O-])c1c(N2CCOC(c3ccc(F)cc3)C2)ccc2ncccc12. The lowest BCUT2D eigenvalue weighted by atomic mass is 10.1. The molecule has 1 aromatic heterocycles. The third-order valence-corrected chi connectivity index (χ3v) is 4.57. The fourth-order valence-electron chi connectivity index (χ4n) is 3.32. The number of benzene rings is 2. The van der Waals surface area contributed by atoms with E-state index in [-0.39, 0.29) is 22.5 Å². The van der Waals surface area contributed by atoms with Gasteiger partial charge in [-0.2, -0.15) is 0 Å². The van der Waals surface area contributed by atoms with Crippen LogP contribution < -0.4 is 4.90 Å². The number of halogens is 1. The van der Waals surface area contributed by atoms with Crippen LogP contribution in [0.15, 0.2) is 54.7 Å². The highest BCUT2D eigenvalue weighted by atomic mass is 19.1. The van der Waals surface area contributed by atoms with Crippen LogP contribution in [0.25, 0.3) is 10.9 Å². The number of nitro groups is 1. The molecule has 132 valence electrons. The Hall–Kier alpha value is -3.06.